The first-order chi connectivity index (χ1) is 5.77. The molecule has 1 aromatic rings. The zero-order chi connectivity index (χ0) is 8.55. The lowest BCUT2D eigenvalue weighted by atomic mass is 10.2. The van der Waals surface area contributed by atoms with Gasteiger partial charge in [-0.1, -0.05) is 6.92 Å². The molecule has 12 heavy (non-hydrogen) atoms. The Labute approximate surface area is 81.2 Å². The highest BCUT2D eigenvalue weighted by Gasteiger charge is 2.28. The second-order valence-electron chi connectivity index (χ2n) is 3.21. The van der Waals surface area contributed by atoms with Crippen LogP contribution >= 0.6 is 22.9 Å². The molecule has 0 amide bonds. The molecule has 0 bridgehead atoms. The summed E-state index contributed by atoms with van der Waals surface area (Å²) in [7, 11) is 0. The number of rotatable bonds is 1. The molecule has 1 aliphatic heterocycles. The van der Waals surface area contributed by atoms with Crippen LogP contribution in [0.2, 0.25) is 0 Å². The molecule has 2 atom stereocenters. The quantitative estimate of drug-likeness (QED) is 0.650. The Kier molecular flexibility index (Phi) is 2.24. The van der Waals surface area contributed by atoms with Crippen LogP contribution in [0.5, 0.6) is 0 Å². The molecule has 2 heterocycles. The molecular weight excluding hydrogens is 192 g/mol. The van der Waals surface area contributed by atoms with Crippen LogP contribution in [0.15, 0.2) is 11.6 Å². The van der Waals surface area contributed by atoms with Crippen LogP contribution < -0.4 is 4.90 Å². The average molecular weight is 203 g/mol. The average Bonchev–Trinajstić information content (AvgIpc) is 2.61. The normalized spacial score (nSPS) is 29.7. The smallest absolute Gasteiger partial charge is 0.185 e. The van der Waals surface area contributed by atoms with Crippen molar-refractivity contribution in [3.05, 3.63) is 11.6 Å². The van der Waals surface area contributed by atoms with Crippen LogP contribution in [-0.2, 0) is 0 Å². The van der Waals surface area contributed by atoms with Crippen molar-refractivity contribution in [3.8, 4) is 0 Å². The minimum Gasteiger partial charge on any atom is -0.346 e. The number of anilines is 1. The highest BCUT2D eigenvalue weighted by molar-refractivity contribution is 7.13. The second kappa shape index (κ2) is 3.23. The maximum absolute atomic E-state index is 6.11. The van der Waals surface area contributed by atoms with E-state index in [0.717, 1.165) is 18.2 Å². The van der Waals surface area contributed by atoms with E-state index in [2.05, 4.69) is 16.8 Å². The van der Waals surface area contributed by atoms with Gasteiger partial charge in [-0.2, -0.15) is 0 Å². The molecule has 2 nitrogen and oxygen atoms in total. The number of halogens is 1. The van der Waals surface area contributed by atoms with Gasteiger partial charge in [-0.05, 0) is 5.92 Å². The van der Waals surface area contributed by atoms with Crippen molar-refractivity contribution in [1.29, 1.82) is 0 Å². The van der Waals surface area contributed by atoms with E-state index in [-0.39, 0.29) is 5.38 Å². The van der Waals surface area contributed by atoms with Crippen LogP contribution in [0.25, 0.3) is 0 Å². The molecule has 0 radical (unpaired) electrons. The van der Waals surface area contributed by atoms with Crippen LogP contribution in [-0.4, -0.2) is 23.5 Å². The standard InChI is InChI=1S/C8H11ClN2S/c1-6-4-11(5-7(6)9)8-10-2-3-12-8/h2-3,6-7H,4-5H2,1H3. The van der Waals surface area contributed by atoms with Gasteiger partial charge in [-0.25, -0.2) is 4.98 Å². The molecule has 2 rings (SSSR count). The van der Waals surface area contributed by atoms with Crippen molar-refractivity contribution in [2.45, 2.75) is 12.3 Å². The molecule has 0 spiro atoms. The third kappa shape index (κ3) is 1.43. The topological polar surface area (TPSA) is 16.1 Å². The van der Waals surface area contributed by atoms with Crippen LogP contribution in [0.4, 0.5) is 5.13 Å². The summed E-state index contributed by atoms with van der Waals surface area (Å²) in [5.74, 6) is 0.579. The lowest BCUT2D eigenvalue weighted by molar-refractivity contribution is 0.666. The molecule has 1 aromatic heterocycles. The first-order valence-electron chi connectivity index (χ1n) is 4.06. The number of aromatic nitrogens is 1. The van der Waals surface area contributed by atoms with E-state index in [4.69, 9.17) is 11.6 Å². The number of alkyl halides is 1. The van der Waals surface area contributed by atoms with Gasteiger partial charge in [-0.3, -0.25) is 0 Å². The predicted octanol–water partition coefficient (Wildman–Crippen LogP) is 2.21. The Hall–Kier alpha value is -0.280. The van der Waals surface area contributed by atoms with Gasteiger partial charge in [0.25, 0.3) is 0 Å². The lowest BCUT2D eigenvalue weighted by Gasteiger charge is -2.12. The summed E-state index contributed by atoms with van der Waals surface area (Å²) in [4.78, 5) is 6.51. The molecule has 66 valence electrons. The van der Waals surface area contributed by atoms with Crippen LogP contribution in [0.3, 0.4) is 0 Å². The van der Waals surface area contributed by atoms with E-state index < -0.39 is 0 Å². The number of hydrogen-bond acceptors (Lipinski definition) is 3. The molecular formula is C8H11ClN2S. The van der Waals surface area contributed by atoms with Crippen molar-refractivity contribution >= 4 is 28.1 Å². The molecule has 1 aliphatic rings. The third-order valence-corrected chi connectivity index (χ3v) is 3.61. The predicted molar refractivity (Wildman–Crippen MR) is 53.1 cm³/mol. The SMILES string of the molecule is CC1CN(c2nccs2)CC1Cl. The van der Waals surface area contributed by atoms with Gasteiger partial charge in [0, 0.05) is 24.7 Å². The molecule has 0 aliphatic carbocycles. The van der Waals surface area contributed by atoms with Gasteiger partial charge in [0.15, 0.2) is 5.13 Å². The Balaban J connectivity index is 2.09. The first-order valence-corrected chi connectivity index (χ1v) is 5.37. The van der Waals surface area contributed by atoms with Crippen molar-refractivity contribution in [3.63, 3.8) is 0 Å². The molecule has 0 N–H and O–H groups in total. The first kappa shape index (κ1) is 8.32. The van der Waals surface area contributed by atoms with E-state index in [9.17, 15) is 0 Å². The number of nitrogens with zero attached hydrogens (tertiary/aromatic N) is 2. The third-order valence-electron chi connectivity index (χ3n) is 2.21. The van der Waals surface area contributed by atoms with Gasteiger partial charge in [0.2, 0.25) is 0 Å². The van der Waals surface area contributed by atoms with Gasteiger partial charge in [-0.15, -0.1) is 22.9 Å². The molecule has 0 aromatic carbocycles. The van der Waals surface area contributed by atoms with Crippen molar-refractivity contribution in [1.82, 2.24) is 4.98 Å². The van der Waals surface area contributed by atoms with Gasteiger partial charge < -0.3 is 4.90 Å². The summed E-state index contributed by atoms with van der Waals surface area (Å²) in [6, 6.07) is 0. The fourth-order valence-electron chi connectivity index (χ4n) is 1.46. The Bertz CT molecular complexity index is 240. The van der Waals surface area contributed by atoms with E-state index >= 15 is 0 Å². The highest BCUT2D eigenvalue weighted by Crippen LogP contribution is 2.27. The second-order valence-corrected chi connectivity index (χ2v) is 4.65. The fourth-order valence-corrected chi connectivity index (χ4v) is 2.36. The number of hydrogen-bond donors (Lipinski definition) is 0. The molecule has 2 unspecified atom stereocenters. The Morgan fingerprint density at radius 2 is 2.50 bits per heavy atom. The number of thiazole rings is 1. The maximum atomic E-state index is 6.11. The van der Waals surface area contributed by atoms with Gasteiger partial charge in [0.1, 0.15) is 0 Å². The van der Waals surface area contributed by atoms with Crippen molar-refractivity contribution in [2.75, 3.05) is 18.0 Å². The van der Waals surface area contributed by atoms with E-state index in [1.807, 2.05) is 11.6 Å². The summed E-state index contributed by atoms with van der Waals surface area (Å²) < 4.78 is 0. The summed E-state index contributed by atoms with van der Waals surface area (Å²) in [6.07, 6.45) is 1.84. The monoisotopic (exact) mass is 202 g/mol. The van der Waals surface area contributed by atoms with E-state index in [1.165, 1.54) is 0 Å². The largest absolute Gasteiger partial charge is 0.346 e. The minimum atomic E-state index is 0.286. The molecule has 1 saturated heterocycles. The van der Waals surface area contributed by atoms with Crippen LogP contribution in [0.1, 0.15) is 6.92 Å². The zero-order valence-corrected chi connectivity index (χ0v) is 8.48. The van der Waals surface area contributed by atoms with Crippen molar-refractivity contribution < 1.29 is 0 Å². The summed E-state index contributed by atoms with van der Waals surface area (Å²) >= 11 is 7.79. The fraction of sp³-hybridized carbons (Fsp3) is 0.625. The summed E-state index contributed by atoms with van der Waals surface area (Å²) in [6.45, 7) is 4.17. The van der Waals surface area contributed by atoms with E-state index in [1.54, 1.807) is 11.3 Å². The Morgan fingerprint density at radius 1 is 1.67 bits per heavy atom. The Morgan fingerprint density at radius 3 is 3.00 bits per heavy atom. The maximum Gasteiger partial charge on any atom is 0.185 e. The zero-order valence-electron chi connectivity index (χ0n) is 6.90. The molecule has 1 fully saturated rings. The summed E-state index contributed by atoms with van der Waals surface area (Å²) in [5.41, 5.74) is 0. The van der Waals surface area contributed by atoms with E-state index in [0.29, 0.717) is 5.92 Å². The lowest BCUT2D eigenvalue weighted by Crippen LogP contribution is -2.19. The summed E-state index contributed by atoms with van der Waals surface area (Å²) in [5, 5.41) is 3.39. The molecule has 4 heteroatoms. The van der Waals surface area contributed by atoms with Gasteiger partial charge >= 0.3 is 0 Å². The minimum absolute atomic E-state index is 0.286. The van der Waals surface area contributed by atoms with Gasteiger partial charge in [0.05, 0.1) is 5.38 Å². The molecule has 0 saturated carbocycles. The van der Waals surface area contributed by atoms with Crippen molar-refractivity contribution in [2.24, 2.45) is 5.92 Å². The highest BCUT2D eigenvalue weighted by atomic mass is 35.5. The van der Waals surface area contributed by atoms with Crippen LogP contribution in [0, 0.1) is 5.92 Å².